The molecular weight excluding hydrogens is 258 g/mol. The van der Waals surface area contributed by atoms with E-state index < -0.39 is 5.41 Å². The minimum atomic E-state index is -0.879. The van der Waals surface area contributed by atoms with Crippen LogP contribution in [0, 0.1) is 18.3 Å². The van der Waals surface area contributed by atoms with Gasteiger partial charge in [-0.25, -0.2) is 9.97 Å². The van der Waals surface area contributed by atoms with Crippen LogP contribution in [0.5, 0.6) is 0 Å². The zero-order valence-corrected chi connectivity index (χ0v) is 11.6. The van der Waals surface area contributed by atoms with Crippen LogP contribution < -0.4 is 11.1 Å². The second kappa shape index (κ2) is 5.44. The highest BCUT2D eigenvalue weighted by molar-refractivity contribution is 6.07. The Morgan fingerprint density at radius 1 is 1.65 bits per heavy atom. The van der Waals surface area contributed by atoms with Gasteiger partial charge in [0.25, 0.3) is 0 Å². The Hall–Kier alpha value is -2.18. The molecule has 1 heterocycles. The minimum absolute atomic E-state index is 0.0213. The number of rotatable bonds is 4. The van der Waals surface area contributed by atoms with E-state index >= 15 is 0 Å². The summed E-state index contributed by atoms with van der Waals surface area (Å²) in [5.74, 6) is 0.802. The molecule has 2 rings (SSSR count). The Morgan fingerprint density at radius 3 is 2.90 bits per heavy atom. The third-order valence-electron chi connectivity index (χ3n) is 3.69. The molecule has 108 valence electrons. The summed E-state index contributed by atoms with van der Waals surface area (Å²) in [4.78, 5) is 20.5. The van der Waals surface area contributed by atoms with E-state index in [1.54, 1.807) is 19.2 Å². The first-order chi connectivity index (χ1) is 9.48. The Kier molecular flexibility index (Phi) is 3.87. The van der Waals surface area contributed by atoms with Crippen molar-refractivity contribution in [1.29, 1.82) is 0 Å². The zero-order chi connectivity index (χ0) is 14.8. The van der Waals surface area contributed by atoms with Crippen LogP contribution in [-0.4, -0.2) is 26.9 Å². The van der Waals surface area contributed by atoms with Gasteiger partial charge in [-0.1, -0.05) is 12.1 Å². The molecule has 1 amide bonds. The second-order valence-corrected chi connectivity index (χ2v) is 5.36. The number of amides is 1. The summed E-state index contributed by atoms with van der Waals surface area (Å²) in [6.07, 6.45) is 2.84. The largest absolute Gasteiger partial charge is 0.409 e. The molecule has 0 radical (unpaired) electrons. The number of carbonyl (C=O) groups is 1. The van der Waals surface area contributed by atoms with Gasteiger partial charge in [0.05, 0.1) is 12.2 Å². The summed E-state index contributed by atoms with van der Waals surface area (Å²) in [7, 11) is 0. The van der Waals surface area contributed by atoms with Crippen LogP contribution in [0.1, 0.15) is 31.3 Å². The van der Waals surface area contributed by atoms with E-state index in [9.17, 15) is 4.79 Å². The summed E-state index contributed by atoms with van der Waals surface area (Å²) >= 11 is 0. The lowest BCUT2D eigenvalue weighted by Gasteiger charge is -2.43. The van der Waals surface area contributed by atoms with E-state index in [0.717, 1.165) is 5.69 Å². The number of aromatic nitrogens is 2. The van der Waals surface area contributed by atoms with Gasteiger partial charge in [0.15, 0.2) is 5.84 Å². The second-order valence-electron chi connectivity index (χ2n) is 5.36. The molecule has 0 aromatic carbocycles. The topological polar surface area (TPSA) is 113 Å². The van der Waals surface area contributed by atoms with E-state index in [2.05, 4.69) is 20.4 Å². The van der Waals surface area contributed by atoms with Crippen molar-refractivity contribution in [2.75, 3.05) is 0 Å². The average molecular weight is 277 g/mol. The van der Waals surface area contributed by atoms with Gasteiger partial charge in [-0.05, 0) is 31.7 Å². The molecule has 1 aromatic heterocycles. The quantitative estimate of drug-likeness (QED) is 0.322. The van der Waals surface area contributed by atoms with Crippen LogP contribution >= 0.6 is 0 Å². The first-order valence-electron chi connectivity index (χ1n) is 6.53. The van der Waals surface area contributed by atoms with Crippen LogP contribution in [0.2, 0.25) is 0 Å². The van der Waals surface area contributed by atoms with Gasteiger partial charge in [0.2, 0.25) is 5.91 Å². The lowest BCUT2D eigenvalue weighted by atomic mass is 9.61. The Balaban J connectivity index is 2.04. The summed E-state index contributed by atoms with van der Waals surface area (Å²) in [6.45, 7) is 4.12. The van der Waals surface area contributed by atoms with Gasteiger partial charge in [-0.2, -0.15) is 0 Å². The highest BCUT2D eigenvalue weighted by Gasteiger charge is 2.52. The zero-order valence-electron chi connectivity index (χ0n) is 11.6. The van der Waals surface area contributed by atoms with Gasteiger partial charge in [0, 0.05) is 6.20 Å². The van der Waals surface area contributed by atoms with Crippen molar-refractivity contribution in [3.8, 4) is 0 Å². The molecule has 1 saturated carbocycles. The Bertz CT molecular complexity index is 537. The van der Waals surface area contributed by atoms with Gasteiger partial charge in [0.1, 0.15) is 11.2 Å². The summed E-state index contributed by atoms with van der Waals surface area (Å²) in [5.41, 5.74) is 5.53. The molecule has 0 unspecified atom stereocenters. The molecule has 4 N–H and O–H groups in total. The molecule has 20 heavy (non-hydrogen) atoms. The molecule has 0 saturated heterocycles. The van der Waals surface area contributed by atoms with Crippen molar-refractivity contribution in [2.45, 2.75) is 33.2 Å². The lowest BCUT2D eigenvalue weighted by Crippen LogP contribution is -2.56. The van der Waals surface area contributed by atoms with E-state index in [1.165, 1.54) is 0 Å². The standard InChI is InChI=1S/C13H19N5O2/c1-8-5-13(6-8,11(14)18-20)12(19)16-7-10-3-4-15-9(2)17-10/h3-4,8,20H,5-7H2,1-2H3,(H2,14,18)(H,16,19). The van der Waals surface area contributed by atoms with Crippen molar-refractivity contribution in [2.24, 2.45) is 22.2 Å². The Labute approximate surface area is 117 Å². The van der Waals surface area contributed by atoms with Crippen LogP contribution in [0.4, 0.5) is 0 Å². The normalized spacial score (nSPS) is 25.9. The summed E-state index contributed by atoms with van der Waals surface area (Å²) in [5, 5.41) is 14.7. The number of amidine groups is 1. The van der Waals surface area contributed by atoms with Crippen molar-refractivity contribution in [1.82, 2.24) is 15.3 Å². The first-order valence-corrected chi connectivity index (χ1v) is 6.53. The molecule has 1 fully saturated rings. The predicted octanol–water partition coefficient (Wildman–Crippen LogP) is 0.564. The fraction of sp³-hybridized carbons (Fsp3) is 0.538. The number of hydrogen-bond donors (Lipinski definition) is 3. The fourth-order valence-corrected chi connectivity index (χ4v) is 2.68. The smallest absolute Gasteiger partial charge is 0.234 e. The highest BCUT2D eigenvalue weighted by Crippen LogP contribution is 2.45. The van der Waals surface area contributed by atoms with Gasteiger partial charge >= 0.3 is 0 Å². The fourth-order valence-electron chi connectivity index (χ4n) is 2.68. The number of aryl methyl sites for hydroxylation is 1. The van der Waals surface area contributed by atoms with Crippen LogP contribution in [0.25, 0.3) is 0 Å². The van der Waals surface area contributed by atoms with Crippen LogP contribution in [-0.2, 0) is 11.3 Å². The van der Waals surface area contributed by atoms with Crippen molar-refractivity contribution in [3.63, 3.8) is 0 Å². The third kappa shape index (κ3) is 2.56. The molecule has 7 nitrogen and oxygen atoms in total. The third-order valence-corrected chi connectivity index (χ3v) is 3.69. The SMILES string of the molecule is Cc1nccc(CNC(=O)C2(/C(N)=N/O)CC(C)C2)n1. The number of nitrogens with one attached hydrogen (secondary N) is 1. The molecule has 7 heteroatoms. The predicted molar refractivity (Wildman–Crippen MR) is 72.9 cm³/mol. The minimum Gasteiger partial charge on any atom is -0.409 e. The van der Waals surface area contributed by atoms with Crippen molar-refractivity contribution < 1.29 is 10.0 Å². The molecule has 0 spiro atoms. The molecule has 0 aliphatic heterocycles. The number of nitrogens with two attached hydrogens (primary N) is 1. The number of carbonyl (C=O) groups excluding carboxylic acids is 1. The van der Waals surface area contributed by atoms with E-state index in [4.69, 9.17) is 10.9 Å². The number of oxime groups is 1. The van der Waals surface area contributed by atoms with Gasteiger partial charge in [-0.15, -0.1) is 0 Å². The summed E-state index contributed by atoms with van der Waals surface area (Å²) < 4.78 is 0. The van der Waals surface area contributed by atoms with E-state index in [1.807, 2.05) is 6.92 Å². The maximum atomic E-state index is 12.3. The van der Waals surface area contributed by atoms with E-state index in [0.29, 0.717) is 31.1 Å². The molecule has 1 aromatic rings. The highest BCUT2D eigenvalue weighted by atomic mass is 16.4. The Morgan fingerprint density at radius 2 is 2.35 bits per heavy atom. The van der Waals surface area contributed by atoms with Crippen LogP contribution in [0.3, 0.4) is 0 Å². The number of hydrogen-bond acceptors (Lipinski definition) is 5. The monoisotopic (exact) mass is 277 g/mol. The van der Waals surface area contributed by atoms with Gasteiger partial charge in [-0.3, -0.25) is 4.79 Å². The number of nitrogens with zero attached hydrogens (tertiary/aromatic N) is 3. The molecule has 0 atom stereocenters. The molecular formula is C13H19N5O2. The van der Waals surface area contributed by atoms with E-state index in [-0.39, 0.29) is 11.7 Å². The lowest BCUT2D eigenvalue weighted by molar-refractivity contribution is -0.133. The maximum Gasteiger partial charge on any atom is 0.234 e. The summed E-state index contributed by atoms with van der Waals surface area (Å²) in [6, 6.07) is 1.74. The van der Waals surface area contributed by atoms with Crippen LogP contribution in [0.15, 0.2) is 17.4 Å². The molecule has 1 aliphatic rings. The molecule has 0 bridgehead atoms. The average Bonchev–Trinajstić information content (AvgIpc) is 2.40. The maximum absolute atomic E-state index is 12.3. The van der Waals surface area contributed by atoms with Crippen molar-refractivity contribution >= 4 is 11.7 Å². The van der Waals surface area contributed by atoms with Gasteiger partial charge < -0.3 is 16.3 Å². The van der Waals surface area contributed by atoms with Crippen molar-refractivity contribution in [3.05, 3.63) is 23.8 Å². The first kappa shape index (κ1) is 14.2. The molecule has 1 aliphatic carbocycles.